The number of aromatic nitrogens is 2. The van der Waals surface area contributed by atoms with Crippen molar-refractivity contribution in [3.8, 4) is 5.75 Å². The summed E-state index contributed by atoms with van der Waals surface area (Å²) in [5, 5.41) is 0. The lowest BCUT2D eigenvalue weighted by molar-refractivity contribution is 0.415. The van der Waals surface area contributed by atoms with Gasteiger partial charge in [-0.1, -0.05) is 28.1 Å². The van der Waals surface area contributed by atoms with E-state index >= 15 is 0 Å². The van der Waals surface area contributed by atoms with Crippen LogP contribution in [0.15, 0.2) is 46.9 Å². The Labute approximate surface area is 125 Å². The van der Waals surface area contributed by atoms with Gasteiger partial charge in [-0.25, -0.2) is 4.98 Å². The van der Waals surface area contributed by atoms with Gasteiger partial charge in [0.05, 0.1) is 24.7 Å². The van der Waals surface area contributed by atoms with Crippen LogP contribution in [0.1, 0.15) is 5.56 Å². The van der Waals surface area contributed by atoms with Crippen LogP contribution in [0.4, 0.5) is 5.95 Å². The number of fused-ring (bicyclic) bond motifs is 1. The zero-order chi connectivity index (χ0) is 14.1. The Kier molecular flexibility index (Phi) is 3.36. The highest BCUT2D eigenvalue weighted by atomic mass is 79.9. The van der Waals surface area contributed by atoms with Gasteiger partial charge < -0.3 is 15.0 Å². The summed E-state index contributed by atoms with van der Waals surface area (Å²) >= 11 is 3.44. The van der Waals surface area contributed by atoms with Crippen LogP contribution in [-0.4, -0.2) is 16.7 Å². The molecule has 5 heteroatoms. The SMILES string of the molecule is COc1ccc2nc(N)n(Cc3ccc(Br)cc3)c2c1. The van der Waals surface area contributed by atoms with Gasteiger partial charge >= 0.3 is 0 Å². The van der Waals surface area contributed by atoms with E-state index in [2.05, 4.69) is 33.0 Å². The highest BCUT2D eigenvalue weighted by Gasteiger charge is 2.09. The lowest BCUT2D eigenvalue weighted by atomic mass is 10.2. The molecule has 4 nitrogen and oxygen atoms in total. The fourth-order valence-corrected chi connectivity index (χ4v) is 2.45. The van der Waals surface area contributed by atoms with E-state index in [4.69, 9.17) is 10.5 Å². The molecule has 0 fully saturated rings. The topological polar surface area (TPSA) is 53.1 Å². The number of rotatable bonds is 3. The third-order valence-electron chi connectivity index (χ3n) is 3.24. The average Bonchev–Trinajstić information content (AvgIpc) is 2.77. The second kappa shape index (κ2) is 5.17. The van der Waals surface area contributed by atoms with Gasteiger partial charge in [0.2, 0.25) is 5.95 Å². The van der Waals surface area contributed by atoms with E-state index in [1.165, 1.54) is 5.56 Å². The first-order valence-electron chi connectivity index (χ1n) is 6.21. The molecule has 0 saturated heterocycles. The molecule has 0 bridgehead atoms. The third kappa shape index (κ3) is 2.36. The number of benzene rings is 2. The maximum absolute atomic E-state index is 6.02. The number of halogens is 1. The van der Waals surface area contributed by atoms with Gasteiger partial charge in [0.25, 0.3) is 0 Å². The molecule has 102 valence electrons. The number of hydrogen-bond donors (Lipinski definition) is 1. The molecule has 3 rings (SSSR count). The second-order valence-electron chi connectivity index (χ2n) is 4.54. The first-order chi connectivity index (χ1) is 9.67. The highest BCUT2D eigenvalue weighted by molar-refractivity contribution is 9.10. The zero-order valence-corrected chi connectivity index (χ0v) is 12.6. The average molecular weight is 332 g/mol. The number of nitrogen functional groups attached to an aromatic ring is 1. The molecule has 0 spiro atoms. The van der Waals surface area contributed by atoms with E-state index < -0.39 is 0 Å². The first-order valence-corrected chi connectivity index (χ1v) is 7.01. The monoisotopic (exact) mass is 331 g/mol. The third-order valence-corrected chi connectivity index (χ3v) is 3.77. The molecule has 20 heavy (non-hydrogen) atoms. The number of nitrogens with zero attached hydrogens (tertiary/aromatic N) is 2. The zero-order valence-electron chi connectivity index (χ0n) is 11.0. The van der Waals surface area contributed by atoms with Crippen molar-refractivity contribution in [3.63, 3.8) is 0 Å². The van der Waals surface area contributed by atoms with Crippen LogP contribution in [0.2, 0.25) is 0 Å². The molecule has 0 saturated carbocycles. The summed E-state index contributed by atoms with van der Waals surface area (Å²) < 4.78 is 8.31. The molecule has 0 atom stereocenters. The molecular weight excluding hydrogens is 318 g/mol. The minimum Gasteiger partial charge on any atom is -0.497 e. The summed E-state index contributed by atoms with van der Waals surface area (Å²) in [5.74, 6) is 1.31. The highest BCUT2D eigenvalue weighted by Crippen LogP contribution is 2.24. The van der Waals surface area contributed by atoms with Crippen molar-refractivity contribution in [2.75, 3.05) is 12.8 Å². The van der Waals surface area contributed by atoms with Crippen molar-refractivity contribution >= 4 is 32.9 Å². The fraction of sp³-hybridized carbons (Fsp3) is 0.133. The van der Waals surface area contributed by atoms with E-state index in [-0.39, 0.29) is 0 Å². The Morgan fingerprint density at radius 1 is 1.20 bits per heavy atom. The molecule has 0 aliphatic rings. The van der Waals surface area contributed by atoms with Crippen molar-refractivity contribution in [2.24, 2.45) is 0 Å². The van der Waals surface area contributed by atoms with Gasteiger partial charge in [-0.2, -0.15) is 0 Å². The minimum atomic E-state index is 0.510. The maximum atomic E-state index is 6.02. The maximum Gasteiger partial charge on any atom is 0.201 e. The van der Waals surface area contributed by atoms with Crippen LogP contribution in [-0.2, 0) is 6.54 Å². The number of hydrogen-bond acceptors (Lipinski definition) is 3. The molecule has 0 aliphatic heterocycles. The minimum absolute atomic E-state index is 0.510. The van der Waals surface area contributed by atoms with Gasteiger partial charge in [0.15, 0.2) is 0 Å². The molecule has 0 unspecified atom stereocenters. The quantitative estimate of drug-likeness (QED) is 0.799. The van der Waals surface area contributed by atoms with Crippen molar-refractivity contribution in [1.29, 1.82) is 0 Å². The van der Waals surface area contributed by atoms with E-state index in [0.29, 0.717) is 12.5 Å². The molecule has 2 N–H and O–H groups in total. The number of ether oxygens (including phenoxy) is 1. The van der Waals surface area contributed by atoms with E-state index in [1.54, 1.807) is 7.11 Å². The van der Waals surface area contributed by atoms with Gasteiger partial charge in [-0.3, -0.25) is 0 Å². The molecule has 1 aromatic heterocycles. The van der Waals surface area contributed by atoms with Gasteiger partial charge in [0.1, 0.15) is 5.75 Å². The smallest absolute Gasteiger partial charge is 0.201 e. The Morgan fingerprint density at radius 3 is 2.65 bits per heavy atom. The summed E-state index contributed by atoms with van der Waals surface area (Å²) in [6, 6.07) is 13.9. The Morgan fingerprint density at radius 2 is 1.95 bits per heavy atom. The summed E-state index contributed by atoms with van der Waals surface area (Å²) in [4.78, 5) is 4.38. The fourth-order valence-electron chi connectivity index (χ4n) is 2.19. The van der Waals surface area contributed by atoms with Crippen molar-refractivity contribution < 1.29 is 4.74 Å². The van der Waals surface area contributed by atoms with Crippen molar-refractivity contribution in [1.82, 2.24) is 9.55 Å². The number of nitrogens with two attached hydrogens (primary N) is 1. The van der Waals surface area contributed by atoms with Crippen LogP contribution >= 0.6 is 15.9 Å². The number of anilines is 1. The lowest BCUT2D eigenvalue weighted by Gasteiger charge is -2.07. The Balaban J connectivity index is 2.05. The van der Waals surface area contributed by atoms with Crippen LogP contribution < -0.4 is 10.5 Å². The predicted molar refractivity (Wildman–Crippen MR) is 83.9 cm³/mol. The molecule has 3 aromatic rings. The van der Waals surface area contributed by atoms with Crippen molar-refractivity contribution in [3.05, 3.63) is 52.5 Å². The predicted octanol–water partition coefficient (Wildman–Crippen LogP) is 3.44. The van der Waals surface area contributed by atoms with E-state index in [0.717, 1.165) is 21.3 Å². The number of methoxy groups -OCH3 is 1. The summed E-state index contributed by atoms with van der Waals surface area (Å²) in [5.41, 5.74) is 9.04. The largest absolute Gasteiger partial charge is 0.497 e. The molecule has 1 heterocycles. The van der Waals surface area contributed by atoms with Gasteiger partial charge in [-0.05, 0) is 29.8 Å². The molecule has 0 amide bonds. The Hall–Kier alpha value is -2.01. The first kappa shape index (κ1) is 13.0. The molecule has 0 radical (unpaired) electrons. The summed E-state index contributed by atoms with van der Waals surface area (Å²) in [7, 11) is 1.65. The molecular formula is C15H14BrN3O. The number of imidazole rings is 1. The van der Waals surface area contributed by atoms with E-state index in [9.17, 15) is 0 Å². The Bertz CT molecular complexity index is 750. The van der Waals surface area contributed by atoms with Crippen LogP contribution in [0.3, 0.4) is 0 Å². The van der Waals surface area contributed by atoms with Crippen LogP contribution in [0.5, 0.6) is 5.75 Å². The standard InChI is InChI=1S/C15H14BrN3O/c1-20-12-6-7-13-14(8-12)19(15(17)18-13)9-10-2-4-11(16)5-3-10/h2-8H,9H2,1H3,(H2,17,18). The van der Waals surface area contributed by atoms with Crippen molar-refractivity contribution in [2.45, 2.75) is 6.54 Å². The summed E-state index contributed by atoms with van der Waals surface area (Å²) in [6.45, 7) is 0.683. The van der Waals surface area contributed by atoms with Crippen LogP contribution in [0.25, 0.3) is 11.0 Å². The van der Waals surface area contributed by atoms with Gasteiger partial charge in [0, 0.05) is 10.5 Å². The van der Waals surface area contributed by atoms with Gasteiger partial charge in [-0.15, -0.1) is 0 Å². The molecule has 0 aliphatic carbocycles. The van der Waals surface area contributed by atoms with Crippen LogP contribution in [0, 0.1) is 0 Å². The summed E-state index contributed by atoms with van der Waals surface area (Å²) in [6.07, 6.45) is 0. The molecule has 2 aromatic carbocycles. The lowest BCUT2D eigenvalue weighted by Crippen LogP contribution is -2.04. The van der Waals surface area contributed by atoms with E-state index in [1.807, 2.05) is 34.9 Å². The normalized spacial score (nSPS) is 10.9. The second-order valence-corrected chi connectivity index (χ2v) is 5.45.